The zero-order chi connectivity index (χ0) is 13.4. The van der Waals surface area contributed by atoms with Gasteiger partial charge < -0.3 is 4.74 Å². The molecule has 3 heteroatoms. The molecule has 0 spiro atoms. The molecule has 0 bridgehead atoms. The Kier molecular flexibility index (Phi) is 6.69. The topological polar surface area (TPSA) is 29.5 Å². The van der Waals surface area contributed by atoms with Crippen LogP contribution in [-0.4, -0.2) is 36.1 Å². The Morgan fingerprint density at radius 1 is 1.06 bits per heavy atom. The standard InChI is InChI=1S/C15H29NO2/c1-4-15(5-2,13-14(17)18-6-3)16-11-9-7-8-10-12-16/h4-13H2,1-3H3. The van der Waals surface area contributed by atoms with E-state index in [1.807, 2.05) is 6.92 Å². The molecule has 3 nitrogen and oxygen atoms in total. The first kappa shape index (κ1) is 15.5. The zero-order valence-electron chi connectivity index (χ0n) is 12.3. The summed E-state index contributed by atoms with van der Waals surface area (Å²) in [6, 6.07) is 0. The van der Waals surface area contributed by atoms with Gasteiger partial charge in [0.25, 0.3) is 0 Å². The molecule has 0 N–H and O–H groups in total. The number of nitrogens with zero attached hydrogens (tertiary/aromatic N) is 1. The van der Waals surface area contributed by atoms with E-state index >= 15 is 0 Å². The van der Waals surface area contributed by atoms with Gasteiger partial charge in [0.2, 0.25) is 0 Å². The van der Waals surface area contributed by atoms with Gasteiger partial charge in [-0.3, -0.25) is 9.69 Å². The molecule has 0 aromatic heterocycles. The van der Waals surface area contributed by atoms with Crippen LogP contribution in [0.4, 0.5) is 0 Å². The third-order valence-electron chi connectivity index (χ3n) is 4.37. The number of hydrogen-bond acceptors (Lipinski definition) is 3. The normalized spacial score (nSPS) is 18.4. The number of ether oxygens (including phenoxy) is 1. The van der Waals surface area contributed by atoms with Gasteiger partial charge in [-0.25, -0.2) is 0 Å². The first-order chi connectivity index (χ1) is 8.68. The van der Waals surface area contributed by atoms with Crippen molar-refractivity contribution in [1.82, 2.24) is 4.90 Å². The molecule has 0 saturated carbocycles. The number of carbonyl (C=O) groups is 1. The average Bonchev–Trinajstić information content (AvgIpc) is 2.65. The molecule has 0 atom stereocenters. The summed E-state index contributed by atoms with van der Waals surface area (Å²) in [6.07, 6.45) is 7.81. The molecule has 106 valence electrons. The smallest absolute Gasteiger partial charge is 0.307 e. The van der Waals surface area contributed by atoms with Crippen molar-refractivity contribution in [3.05, 3.63) is 0 Å². The summed E-state index contributed by atoms with van der Waals surface area (Å²) in [5.74, 6) is -0.0366. The molecule has 0 radical (unpaired) electrons. The molecule has 0 unspecified atom stereocenters. The Morgan fingerprint density at radius 2 is 1.61 bits per heavy atom. The molecular formula is C15H29NO2. The number of carbonyl (C=O) groups excluding carboxylic acids is 1. The molecule has 0 aliphatic carbocycles. The first-order valence-corrected chi connectivity index (χ1v) is 7.59. The van der Waals surface area contributed by atoms with Gasteiger partial charge in [-0.1, -0.05) is 26.7 Å². The van der Waals surface area contributed by atoms with E-state index in [1.54, 1.807) is 0 Å². The minimum atomic E-state index is -0.0366. The van der Waals surface area contributed by atoms with Crippen molar-refractivity contribution in [3.8, 4) is 0 Å². The molecule has 1 heterocycles. The predicted octanol–water partition coefficient (Wildman–Crippen LogP) is 3.37. The Balaban J connectivity index is 2.73. The van der Waals surface area contributed by atoms with Crippen LogP contribution in [0.3, 0.4) is 0 Å². The van der Waals surface area contributed by atoms with Crippen LogP contribution in [0.15, 0.2) is 0 Å². The van der Waals surface area contributed by atoms with E-state index < -0.39 is 0 Å². The second-order valence-electron chi connectivity index (χ2n) is 5.31. The van der Waals surface area contributed by atoms with Crippen LogP contribution in [-0.2, 0) is 9.53 Å². The highest BCUT2D eigenvalue weighted by molar-refractivity contribution is 5.70. The average molecular weight is 255 g/mol. The monoisotopic (exact) mass is 255 g/mol. The predicted molar refractivity (Wildman–Crippen MR) is 74.6 cm³/mol. The summed E-state index contributed by atoms with van der Waals surface area (Å²) >= 11 is 0. The van der Waals surface area contributed by atoms with Crippen molar-refractivity contribution in [2.75, 3.05) is 19.7 Å². The van der Waals surface area contributed by atoms with Gasteiger partial charge in [0.1, 0.15) is 0 Å². The van der Waals surface area contributed by atoms with Crippen LogP contribution in [0.5, 0.6) is 0 Å². The van der Waals surface area contributed by atoms with Gasteiger partial charge in [0, 0.05) is 5.54 Å². The molecule has 1 saturated heterocycles. The number of likely N-dealkylation sites (tertiary alicyclic amines) is 1. The lowest BCUT2D eigenvalue weighted by molar-refractivity contribution is -0.147. The molecular weight excluding hydrogens is 226 g/mol. The minimum Gasteiger partial charge on any atom is -0.466 e. The molecule has 1 aliphatic heterocycles. The molecule has 1 aliphatic rings. The van der Waals surface area contributed by atoms with E-state index in [9.17, 15) is 4.79 Å². The maximum atomic E-state index is 11.9. The van der Waals surface area contributed by atoms with Gasteiger partial charge in [-0.2, -0.15) is 0 Å². The maximum absolute atomic E-state index is 11.9. The fourth-order valence-electron chi connectivity index (χ4n) is 3.08. The van der Waals surface area contributed by atoms with Gasteiger partial charge >= 0.3 is 5.97 Å². The molecule has 18 heavy (non-hydrogen) atoms. The van der Waals surface area contributed by atoms with E-state index in [2.05, 4.69) is 18.7 Å². The van der Waals surface area contributed by atoms with Crippen molar-refractivity contribution in [1.29, 1.82) is 0 Å². The minimum absolute atomic E-state index is 0.0244. The van der Waals surface area contributed by atoms with Crippen molar-refractivity contribution in [2.45, 2.75) is 71.3 Å². The van der Waals surface area contributed by atoms with Crippen molar-refractivity contribution in [2.24, 2.45) is 0 Å². The van der Waals surface area contributed by atoms with E-state index in [-0.39, 0.29) is 11.5 Å². The van der Waals surface area contributed by atoms with E-state index in [1.165, 1.54) is 25.7 Å². The zero-order valence-corrected chi connectivity index (χ0v) is 12.3. The lowest BCUT2D eigenvalue weighted by atomic mass is 9.86. The summed E-state index contributed by atoms with van der Waals surface area (Å²) in [5.41, 5.74) is 0.0244. The number of esters is 1. The summed E-state index contributed by atoms with van der Waals surface area (Å²) in [6.45, 7) is 9.05. The fraction of sp³-hybridized carbons (Fsp3) is 0.933. The molecule has 1 rings (SSSR count). The second kappa shape index (κ2) is 7.78. The lowest BCUT2D eigenvalue weighted by Crippen LogP contribution is -2.50. The van der Waals surface area contributed by atoms with E-state index in [4.69, 9.17) is 4.74 Å². The van der Waals surface area contributed by atoms with E-state index in [0.29, 0.717) is 13.0 Å². The fourth-order valence-corrected chi connectivity index (χ4v) is 3.08. The van der Waals surface area contributed by atoms with Crippen molar-refractivity contribution < 1.29 is 9.53 Å². The van der Waals surface area contributed by atoms with Crippen LogP contribution in [0.2, 0.25) is 0 Å². The number of hydrogen-bond donors (Lipinski definition) is 0. The van der Waals surface area contributed by atoms with Gasteiger partial charge in [0.05, 0.1) is 13.0 Å². The van der Waals surface area contributed by atoms with Crippen molar-refractivity contribution in [3.63, 3.8) is 0 Å². The largest absolute Gasteiger partial charge is 0.466 e. The molecule has 1 fully saturated rings. The Hall–Kier alpha value is -0.570. The summed E-state index contributed by atoms with van der Waals surface area (Å²) in [5, 5.41) is 0. The Bertz CT molecular complexity index is 241. The third kappa shape index (κ3) is 3.98. The highest BCUT2D eigenvalue weighted by Gasteiger charge is 2.36. The van der Waals surface area contributed by atoms with Gasteiger partial charge in [0.15, 0.2) is 0 Å². The number of rotatable bonds is 6. The highest BCUT2D eigenvalue weighted by atomic mass is 16.5. The van der Waals surface area contributed by atoms with Crippen LogP contribution in [0, 0.1) is 0 Å². The summed E-state index contributed by atoms with van der Waals surface area (Å²) < 4.78 is 5.16. The van der Waals surface area contributed by atoms with Gasteiger partial charge in [-0.15, -0.1) is 0 Å². The van der Waals surface area contributed by atoms with Gasteiger partial charge in [-0.05, 0) is 45.7 Å². The molecule has 0 aromatic rings. The second-order valence-corrected chi connectivity index (χ2v) is 5.31. The molecule has 0 amide bonds. The van der Waals surface area contributed by atoms with Crippen LogP contribution >= 0.6 is 0 Å². The lowest BCUT2D eigenvalue weighted by Gasteiger charge is -2.42. The van der Waals surface area contributed by atoms with Crippen LogP contribution in [0.1, 0.15) is 65.7 Å². The quantitative estimate of drug-likeness (QED) is 0.681. The van der Waals surface area contributed by atoms with Crippen LogP contribution in [0.25, 0.3) is 0 Å². The SMILES string of the molecule is CCOC(=O)CC(CC)(CC)N1CCCCCC1. The first-order valence-electron chi connectivity index (χ1n) is 7.59. The molecule has 0 aromatic carbocycles. The highest BCUT2D eigenvalue weighted by Crippen LogP contribution is 2.30. The Morgan fingerprint density at radius 3 is 2.06 bits per heavy atom. The summed E-state index contributed by atoms with van der Waals surface area (Å²) in [4.78, 5) is 14.4. The van der Waals surface area contributed by atoms with Crippen LogP contribution < -0.4 is 0 Å². The van der Waals surface area contributed by atoms with E-state index in [0.717, 1.165) is 25.9 Å². The summed E-state index contributed by atoms with van der Waals surface area (Å²) in [7, 11) is 0. The maximum Gasteiger partial charge on any atom is 0.307 e. The Labute approximate surface area is 112 Å². The van der Waals surface area contributed by atoms with Crippen molar-refractivity contribution >= 4 is 5.97 Å². The third-order valence-corrected chi connectivity index (χ3v) is 4.37.